The van der Waals surface area contributed by atoms with Gasteiger partial charge in [-0.3, -0.25) is 4.90 Å². The fraction of sp³-hybridized carbons (Fsp3) is 0.562. The summed E-state index contributed by atoms with van der Waals surface area (Å²) in [6.07, 6.45) is 1.44. The van der Waals surface area contributed by atoms with E-state index in [9.17, 15) is 9.18 Å². The third kappa shape index (κ3) is 2.88. The highest BCUT2D eigenvalue weighted by atomic mass is 19.1. The first-order chi connectivity index (χ1) is 10.5. The molecule has 2 fully saturated rings. The molecule has 2 aliphatic heterocycles. The second-order valence-electron chi connectivity index (χ2n) is 6.15. The fourth-order valence-electron chi connectivity index (χ4n) is 3.23. The number of amides is 1. The summed E-state index contributed by atoms with van der Waals surface area (Å²) in [5.41, 5.74) is 0.706. The van der Waals surface area contributed by atoms with Gasteiger partial charge in [0.15, 0.2) is 11.6 Å². The Labute approximate surface area is 129 Å². The van der Waals surface area contributed by atoms with Gasteiger partial charge in [-0.25, -0.2) is 9.18 Å². The van der Waals surface area contributed by atoms with Gasteiger partial charge in [0.1, 0.15) is 5.60 Å². The normalized spacial score (nSPS) is 21.2. The smallest absolute Gasteiger partial charge is 0.410 e. The monoisotopic (exact) mass is 308 g/mol. The van der Waals surface area contributed by atoms with Gasteiger partial charge in [-0.1, -0.05) is 6.07 Å². The van der Waals surface area contributed by atoms with Gasteiger partial charge in [-0.15, -0.1) is 0 Å². The molecule has 1 aromatic carbocycles. The number of nitrogens with zero attached hydrogens (tertiary/aromatic N) is 2. The van der Waals surface area contributed by atoms with E-state index in [4.69, 9.17) is 9.47 Å². The van der Waals surface area contributed by atoms with Crippen LogP contribution < -0.4 is 4.74 Å². The van der Waals surface area contributed by atoms with Crippen molar-refractivity contribution in [3.8, 4) is 5.75 Å². The fourth-order valence-corrected chi connectivity index (χ4v) is 3.23. The summed E-state index contributed by atoms with van der Waals surface area (Å²) in [6, 6.07) is 4.96. The number of piperidine rings is 1. The lowest BCUT2D eigenvalue weighted by molar-refractivity contribution is -0.00121. The van der Waals surface area contributed by atoms with Crippen molar-refractivity contribution in [2.45, 2.75) is 25.0 Å². The number of methoxy groups -OCH3 is 1. The Bertz CT molecular complexity index is 571. The average Bonchev–Trinajstić information content (AvgIpc) is 2.78. The van der Waals surface area contributed by atoms with Crippen LogP contribution in [-0.2, 0) is 11.3 Å². The zero-order valence-electron chi connectivity index (χ0n) is 13.0. The number of likely N-dealkylation sites (N-methyl/N-ethyl adjacent to an activating group) is 1. The predicted octanol–water partition coefficient (Wildman–Crippen LogP) is 2.25. The first-order valence-corrected chi connectivity index (χ1v) is 7.50. The lowest BCUT2D eigenvalue weighted by atomic mass is 9.91. The summed E-state index contributed by atoms with van der Waals surface area (Å²) in [5, 5.41) is 0. The Morgan fingerprint density at radius 2 is 2.09 bits per heavy atom. The quantitative estimate of drug-likeness (QED) is 0.859. The van der Waals surface area contributed by atoms with Gasteiger partial charge in [-0.05, 0) is 17.7 Å². The highest BCUT2D eigenvalue weighted by Gasteiger charge is 2.45. The van der Waals surface area contributed by atoms with Crippen LogP contribution in [0.2, 0.25) is 0 Å². The van der Waals surface area contributed by atoms with Crippen molar-refractivity contribution in [2.24, 2.45) is 0 Å². The first-order valence-electron chi connectivity index (χ1n) is 7.50. The van der Waals surface area contributed by atoms with E-state index in [0.717, 1.165) is 38.0 Å². The molecule has 3 rings (SSSR count). The zero-order chi connectivity index (χ0) is 15.7. The van der Waals surface area contributed by atoms with Crippen molar-refractivity contribution in [3.63, 3.8) is 0 Å². The molecule has 0 unspecified atom stereocenters. The summed E-state index contributed by atoms with van der Waals surface area (Å²) in [7, 11) is 3.24. The van der Waals surface area contributed by atoms with Crippen molar-refractivity contribution < 1.29 is 18.7 Å². The number of hydrogen-bond acceptors (Lipinski definition) is 4. The van der Waals surface area contributed by atoms with E-state index < -0.39 is 0 Å². The molecular formula is C16H21FN2O3. The molecule has 2 heterocycles. The standard InChI is InChI=1S/C16H21FN2O3/c1-18-11-16(22-15(18)20)5-7-19(8-6-16)10-12-3-4-13(17)14(9-12)21-2/h3-4,9H,5-8,10-11H2,1-2H3. The Kier molecular flexibility index (Phi) is 3.95. The molecule has 2 aliphatic rings. The molecule has 1 spiro atoms. The van der Waals surface area contributed by atoms with E-state index in [1.165, 1.54) is 13.2 Å². The Hall–Kier alpha value is -1.82. The van der Waals surface area contributed by atoms with E-state index in [1.54, 1.807) is 24.1 Å². The van der Waals surface area contributed by atoms with Crippen LogP contribution in [0, 0.1) is 5.82 Å². The summed E-state index contributed by atoms with van der Waals surface area (Å²) in [5.74, 6) is -0.0675. The van der Waals surface area contributed by atoms with Crippen molar-refractivity contribution >= 4 is 6.09 Å². The number of likely N-dealkylation sites (tertiary alicyclic amines) is 1. The van der Waals surface area contributed by atoms with E-state index in [1.807, 2.05) is 0 Å². The van der Waals surface area contributed by atoms with Gasteiger partial charge < -0.3 is 14.4 Å². The second kappa shape index (κ2) is 5.76. The summed E-state index contributed by atoms with van der Waals surface area (Å²) in [6.45, 7) is 3.14. The number of ether oxygens (including phenoxy) is 2. The largest absolute Gasteiger partial charge is 0.494 e. The van der Waals surface area contributed by atoms with Crippen LogP contribution in [0.1, 0.15) is 18.4 Å². The van der Waals surface area contributed by atoms with Crippen LogP contribution in [0.15, 0.2) is 18.2 Å². The lowest BCUT2D eigenvalue weighted by Gasteiger charge is -2.37. The molecule has 6 heteroatoms. The minimum atomic E-state index is -0.343. The number of benzene rings is 1. The van der Waals surface area contributed by atoms with Gasteiger partial charge in [0.05, 0.1) is 13.7 Å². The predicted molar refractivity (Wildman–Crippen MR) is 79.3 cm³/mol. The maximum atomic E-state index is 13.4. The summed E-state index contributed by atoms with van der Waals surface area (Å²) < 4.78 is 24.0. The van der Waals surface area contributed by atoms with Crippen molar-refractivity contribution in [2.75, 3.05) is 33.8 Å². The molecule has 2 saturated heterocycles. The molecule has 120 valence electrons. The van der Waals surface area contributed by atoms with Crippen LogP contribution in [-0.4, -0.2) is 55.3 Å². The molecule has 1 aromatic rings. The van der Waals surface area contributed by atoms with Crippen LogP contribution in [0.25, 0.3) is 0 Å². The first kappa shape index (κ1) is 15.1. The topological polar surface area (TPSA) is 42.0 Å². The second-order valence-corrected chi connectivity index (χ2v) is 6.15. The van der Waals surface area contributed by atoms with Crippen LogP contribution in [0.5, 0.6) is 5.75 Å². The molecule has 0 aromatic heterocycles. The minimum Gasteiger partial charge on any atom is -0.494 e. The molecule has 0 aliphatic carbocycles. The Morgan fingerprint density at radius 3 is 2.68 bits per heavy atom. The molecule has 0 bridgehead atoms. The van der Waals surface area contributed by atoms with Crippen molar-refractivity contribution in [1.82, 2.24) is 9.80 Å². The maximum Gasteiger partial charge on any atom is 0.410 e. The van der Waals surface area contributed by atoms with Crippen LogP contribution >= 0.6 is 0 Å². The van der Waals surface area contributed by atoms with Crippen LogP contribution in [0.4, 0.5) is 9.18 Å². The molecule has 0 saturated carbocycles. The average molecular weight is 308 g/mol. The Morgan fingerprint density at radius 1 is 1.36 bits per heavy atom. The number of carbonyl (C=O) groups excluding carboxylic acids is 1. The van der Waals surface area contributed by atoms with Gasteiger partial charge in [0, 0.05) is 39.5 Å². The number of hydrogen-bond donors (Lipinski definition) is 0. The van der Waals surface area contributed by atoms with Gasteiger partial charge in [0.25, 0.3) is 0 Å². The highest BCUT2D eigenvalue weighted by Crippen LogP contribution is 2.33. The van der Waals surface area contributed by atoms with E-state index in [2.05, 4.69) is 4.90 Å². The van der Waals surface area contributed by atoms with E-state index in [0.29, 0.717) is 6.54 Å². The van der Waals surface area contributed by atoms with Crippen molar-refractivity contribution in [1.29, 1.82) is 0 Å². The number of rotatable bonds is 3. The van der Waals surface area contributed by atoms with Gasteiger partial charge in [0.2, 0.25) is 0 Å². The SMILES string of the molecule is COc1cc(CN2CCC3(CC2)CN(C)C(=O)O3)ccc1F. The van der Waals surface area contributed by atoms with Gasteiger partial charge in [-0.2, -0.15) is 0 Å². The number of halogens is 1. The third-order valence-electron chi connectivity index (χ3n) is 4.53. The maximum absolute atomic E-state index is 13.4. The zero-order valence-corrected chi connectivity index (χ0v) is 13.0. The van der Waals surface area contributed by atoms with Crippen molar-refractivity contribution in [3.05, 3.63) is 29.6 Å². The molecule has 22 heavy (non-hydrogen) atoms. The van der Waals surface area contributed by atoms with Crippen LogP contribution in [0.3, 0.4) is 0 Å². The van der Waals surface area contributed by atoms with E-state index in [-0.39, 0.29) is 23.3 Å². The Balaban J connectivity index is 1.59. The molecule has 0 radical (unpaired) electrons. The lowest BCUT2D eigenvalue weighted by Crippen LogP contribution is -2.46. The third-order valence-corrected chi connectivity index (χ3v) is 4.53. The molecule has 0 N–H and O–H groups in total. The summed E-state index contributed by atoms with van der Waals surface area (Å²) in [4.78, 5) is 15.5. The molecule has 0 atom stereocenters. The molecule has 1 amide bonds. The molecular weight excluding hydrogens is 287 g/mol. The minimum absolute atomic E-state index is 0.225. The van der Waals surface area contributed by atoms with Gasteiger partial charge >= 0.3 is 6.09 Å². The van der Waals surface area contributed by atoms with E-state index >= 15 is 0 Å². The highest BCUT2D eigenvalue weighted by molar-refractivity contribution is 5.70. The summed E-state index contributed by atoms with van der Waals surface area (Å²) >= 11 is 0. The number of carbonyl (C=O) groups is 1. The molecule has 5 nitrogen and oxygen atoms in total.